The minimum Gasteiger partial charge on any atom is -0.382 e. The Kier molecular flexibility index (Phi) is 5.02. The average molecular weight is 243 g/mol. The van der Waals surface area contributed by atoms with Crippen LogP contribution in [0.15, 0.2) is 12.1 Å². The van der Waals surface area contributed by atoms with E-state index < -0.39 is 17.7 Å². The topological polar surface area (TPSA) is 35.2 Å². The lowest BCUT2D eigenvalue weighted by atomic mass is 9.98. The van der Waals surface area contributed by atoms with E-state index in [2.05, 4.69) is 0 Å². The summed E-state index contributed by atoms with van der Waals surface area (Å²) in [5.41, 5.74) is 6.23. The van der Waals surface area contributed by atoms with Crippen LogP contribution in [0.25, 0.3) is 0 Å². The molecule has 2 nitrogen and oxygen atoms in total. The maximum absolute atomic E-state index is 13.8. The highest BCUT2D eigenvalue weighted by atomic mass is 19.1. The summed E-state index contributed by atoms with van der Waals surface area (Å²) in [6, 6.07) is 2.04. The van der Waals surface area contributed by atoms with Crippen LogP contribution in [0.5, 0.6) is 0 Å². The third kappa shape index (κ3) is 3.48. The van der Waals surface area contributed by atoms with E-state index >= 15 is 0 Å². The molecule has 0 spiro atoms. The van der Waals surface area contributed by atoms with Gasteiger partial charge in [0.15, 0.2) is 0 Å². The first-order chi connectivity index (χ1) is 7.97. The number of methoxy groups -OCH3 is 1. The van der Waals surface area contributed by atoms with Gasteiger partial charge in [-0.25, -0.2) is 8.78 Å². The number of halogens is 2. The van der Waals surface area contributed by atoms with E-state index in [4.69, 9.17) is 10.5 Å². The minimum atomic E-state index is -0.632. The molecule has 0 amide bonds. The molecule has 96 valence electrons. The van der Waals surface area contributed by atoms with Crippen LogP contribution in [0.4, 0.5) is 8.78 Å². The van der Waals surface area contributed by atoms with Crippen molar-refractivity contribution in [2.45, 2.75) is 38.8 Å². The summed E-state index contributed by atoms with van der Waals surface area (Å²) in [5.74, 6) is -1.12. The van der Waals surface area contributed by atoms with E-state index in [1.165, 1.54) is 12.1 Å². The van der Waals surface area contributed by atoms with Crippen molar-refractivity contribution in [2.24, 2.45) is 5.73 Å². The van der Waals surface area contributed by atoms with Crippen LogP contribution in [-0.4, -0.2) is 13.2 Å². The van der Waals surface area contributed by atoms with E-state index in [-0.39, 0.29) is 11.7 Å². The van der Waals surface area contributed by atoms with Crippen LogP contribution < -0.4 is 5.73 Å². The lowest BCUT2D eigenvalue weighted by Crippen LogP contribution is -2.17. The maximum Gasteiger partial charge on any atom is 0.133 e. The van der Waals surface area contributed by atoms with Gasteiger partial charge in [-0.2, -0.15) is 0 Å². The molecule has 0 aromatic heterocycles. The monoisotopic (exact) mass is 243 g/mol. The Bertz CT molecular complexity index is 382. The zero-order valence-corrected chi connectivity index (χ0v) is 10.5. The predicted molar refractivity (Wildman–Crippen MR) is 63.7 cm³/mol. The number of hydrogen-bond acceptors (Lipinski definition) is 2. The Labute approximate surface area is 101 Å². The lowest BCUT2D eigenvalue weighted by Gasteiger charge is -2.17. The van der Waals surface area contributed by atoms with Gasteiger partial charge in [0.1, 0.15) is 11.6 Å². The van der Waals surface area contributed by atoms with Gasteiger partial charge in [-0.15, -0.1) is 0 Å². The molecular formula is C13H19F2NO. The van der Waals surface area contributed by atoms with Gasteiger partial charge >= 0.3 is 0 Å². The SMILES string of the molecule is COC(C)CCC(N)c1c(F)ccc(C)c1F. The Morgan fingerprint density at radius 2 is 1.94 bits per heavy atom. The first-order valence-electron chi connectivity index (χ1n) is 5.70. The molecule has 1 rings (SSSR count). The summed E-state index contributed by atoms with van der Waals surface area (Å²) in [5, 5.41) is 0. The molecule has 0 saturated carbocycles. The molecule has 0 aliphatic heterocycles. The van der Waals surface area contributed by atoms with Crippen molar-refractivity contribution in [3.05, 3.63) is 34.9 Å². The Morgan fingerprint density at radius 1 is 1.29 bits per heavy atom. The van der Waals surface area contributed by atoms with Gasteiger partial charge in [-0.3, -0.25) is 0 Å². The zero-order valence-electron chi connectivity index (χ0n) is 10.5. The Hall–Kier alpha value is -1.00. The molecule has 0 saturated heterocycles. The molecule has 0 aliphatic rings. The van der Waals surface area contributed by atoms with E-state index in [1.807, 2.05) is 6.92 Å². The van der Waals surface area contributed by atoms with Gasteiger partial charge in [0.25, 0.3) is 0 Å². The number of rotatable bonds is 5. The minimum absolute atomic E-state index is 0.0201. The molecule has 1 aromatic rings. The van der Waals surface area contributed by atoms with Crippen LogP contribution in [0.3, 0.4) is 0 Å². The van der Waals surface area contributed by atoms with Crippen LogP contribution in [0.2, 0.25) is 0 Å². The van der Waals surface area contributed by atoms with Crippen LogP contribution in [-0.2, 0) is 4.74 Å². The fourth-order valence-corrected chi connectivity index (χ4v) is 1.69. The fraction of sp³-hybridized carbons (Fsp3) is 0.538. The highest BCUT2D eigenvalue weighted by Gasteiger charge is 2.18. The maximum atomic E-state index is 13.8. The van der Waals surface area contributed by atoms with E-state index in [1.54, 1.807) is 14.0 Å². The standard InChI is InChI=1S/C13H19F2NO/c1-8-4-6-10(14)12(13(8)15)11(16)7-5-9(2)17-3/h4,6,9,11H,5,7,16H2,1-3H3. The molecule has 0 heterocycles. The molecule has 0 radical (unpaired) electrons. The van der Waals surface area contributed by atoms with Gasteiger partial charge in [0.05, 0.1) is 6.10 Å². The van der Waals surface area contributed by atoms with Crippen LogP contribution in [0, 0.1) is 18.6 Å². The van der Waals surface area contributed by atoms with E-state index in [0.717, 1.165) is 0 Å². The molecule has 4 heteroatoms. The van der Waals surface area contributed by atoms with Gasteiger partial charge in [-0.1, -0.05) is 6.07 Å². The third-order valence-electron chi connectivity index (χ3n) is 2.98. The highest BCUT2D eigenvalue weighted by molar-refractivity contribution is 5.28. The molecule has 2 unspecified atom stereocenters. The summed E-state index contributed by atoms with van der Waals surface area (Å²) >= 11 is 0. The molecule has 1 aromatic carbocycles. The Morgan fingerprint density at radius 3 is 2.53 bits per heavy atom. The summed E-state index contributed by atoms with van der Waals surface area (Å²) in [4.78, 5) is 0. The second-order valence-corrected chi connectivity index (χ2v) is 4.32. The first-order valence-corrected chi connectivity index (χ1v) is 5.70. The smallest absolute Gasteiger partial charge is 0.133 e. The number of aryl methyl sites for hydroxylation is 1. The molecule has 0 aliphatic carbocycles. The number of nitrogens with two attached hydrogens (primary N) is 1. The zero-order chi connectivity index (χ0) is 13.0. The molecule has 0 fully saturated rings. The van der Waals surface area contributed by atoms with Crippen molar-refractivity contribution in [3.63, 3.8) is 0 Å². The highest BCUT2D eigenvalue weighted by Crippen LogP contribution is 2.25. The summed E-state index contributed by atoms with van der Waals surface area (Å²) < 4.78 is 32.4. The van der Waals surface area contributed by atoms with Crippen molar-refractivity contribution in [3.8, 4) is 0 Å². The molecular weight excluding hydrogens is 224 g/mol. The largest absolute Gasteiger partial charge is 0.382 e. The van der Waals surface area contributed by atoms with Crippen molar-refractivity contribution in [2.75, 3.05) is 7.11 Å². The molecule has 2 atom stereocenters. The molecule has 17 heavy (non-hydrogen) atoms. The van der Waals surface area contributed by atoms with Crippen LogP contribution in [0.1, 0.15) is 36.9 Å². The number of hydrogen-bond donors (Lipinski definition) is 1. The van der Waals surface area contributed by atoms with Crippen molar-refractivity contribution in [1.29, 1.82) is 0 Å². The van der Waals surface area contributed by atoms with Crippen LogP contribution >= 0.6 is 0 Å². The third-order valence-corrected chi connectivity index (χ3v) is 2.98. The number of benzene rings is 1. The first kappa shape index (κ1) is 14.1. The van der Waals surface area contributed by atoms with Crippen molar-refractivity contribution < 1.29 is 13.5 Å². The summed E-state index contributed by atoms with van der Waals surface area (Å²) in [7, 11) is 1.60. The number of ether oxygens (including phenoxy) is 1. The van der Waals surface area contributed by atoms with Gasteiger partial charge in [0, 0.05) is 18.7 Å². The van der Waals surface area contributed by atoms with Gasteiger partial charge in [0.2, 0.25) is 0 Å². The molecule has 0 bridgehead atoms. The molecule has 2 N–H and O–H groups in total. The predicted octanol–water partition coefficient (Wildman–Crippen LogP) is 3.09. The normalized spacial score (nSPS) is 14.7. The second kappa shape index (κ2) is 6.07. The summed E-state index contributed by atoms with van der Waals surface area (Å²) in [6.45, 7) is 3.50. The van der Waals surface area contributed by atoms with Gasteiger partial charge < -0.3 is 10.5 Å². The van der Waals surface area contributed by atoms with E-state index in [9.17, 15) is 8.78 Å². The average Bonchev–Trinajstić information content (AvgIpc) is 2.31. The Balaban J connectivity index is 2.81. The second-order valence-electron chi connectivity index (χ2n) is 4.32. The summed E-state index contributed by atoms with van der Waals surface area (Å²) in [6.07, 6.45) is 1.20. The fourth-order valence-electron chi connectivity index (χ4n) is 1.69. The lowest BCUT2D eigenvalue weighted by molar-refractivity contribution is 0.107. The van der Waals surface area contributed by atoms with E-state index in [0.29, 0.717) is 18.4 Å². The van der Waals surface area contributed by atoms with Crippen molar-refractivity contribution >= 4 is 0 Å². The van der Waals surface area contributed by atoms with Gasteiger partial charge in [-0.05, 0) is 38.3 Å². The van der Waals surface area contributed by atoms with Crippen molar-refractivity contribution in [1.82, 2.24) is 0 Å². The quantitative estimate of drug-likeness (QED) is 0.862.